The van der Waals surface area contributed by atoms with Crippen molar-refractivity contribution in [3.63, 3.8) is 0 Å². The number of hydrogen-bond acceptors (Lipinski definition) is 3. The Morgan fingerprint density at radius 1 is 1.24 bits per heavy atom. The number of carbonyl (C=O) groups excluding carboxylic acids is 1. The number of nitrogens with zero attached hydrogens (tertiary/aromatic N) is 2. The third-order valence-corrected chi connectivity index (χ3v) is 4.63. The molecule has 2 aliphatic rings. The second-order valence-corrected chi connectivity index (χ2v) is 6.43. The number of hydrogen-bond donors (Lipinski definition) is 1. The van der Waals surface area contributed by atoms with Crippen LogP contribution in [0.4, 0.5) is 0 Å². The molecule has 2 heterocycles. The highest BCUT2D eigenvalue weighted by Gasteiger charge is 2.31. The molecular weight excluding hydrogens is 286 g/mol. The van der Waals surface area contributed by atoms with Crippen LogP contribution in [0.3, 0.4) is 0 Å². The molecule has 1 N–H and O–H groups in total. The smallest absolute Gasteiger partial charge is 0.253 e. The van der Waals surface area contributed by atoms with Gasteiger partial charge in [0.2, 0.25) is 0 Å². The molecule has 4 nitrogen and oxygen atoms in total. The first kappa shape index (κ1) is 14.8. The predicted octanol–water partition coefficient (Wildman–Crippen LogP) is 1.77. The summed E-state index contributed by atoms with van der Waals surface area (Å²) >= 11 is 6.07. The summed E-state index contributed by atoms with van der Waals surface area (Å²) in [6.07, 6.45) is 1.07. The topological polar surface area (TPSA) is 35.6 Å². The van der Waals surface area contributed by atoms with Gasteiger partial charge in [-0.05, 0) is 37.1 Å². The SMILES string of the molecule is Cc1cc(Cl)cc(C(=O)N2CCC(N3CCNCC3)C2)c1. The normalized spacial score (nSPS) is 23.5. The highest BCUT2D eigenvalue weighted by atomic mass is 35.5. The van der Waals surface area contributed by atoms with Crippen LogP contribution in [0.1, 0.15) is 22.3 Å². The van der Waals surface area contributed by atoms with Crippen molar-refractivity contribution < 1.29 is 4.79 Å². The van der Waals surface area contributed by atoms with E-state index < -0.39 is 0 Å². The Hall–Kier alpha value is -1.10. The van der Waals surface area contributed by atoms with Crippen LogP contribution in [0.25, 0.3) is 0 Å². The van der Waals surface area contributed by atoms with E-state index in [0.29, 0.717) is 16.6 Å². The van der Waals surface area contributed by atoms with Gasteiger partial charge in [0.1, 0.15) is 0 Å². The first-order valence-corrected chi connectivity index (χ1v) is 8.02. The molecule has 5 heteroatoms. The minimum atomic E-state index is 0.109. The van der Waals surface area contributed by atoms with E-state index in [4.69, 9.17) is 11.6 Å². The summed E-state index contributed by atoms with van der Waals surface area (Å²) < 4.78 is 0. The Labute approximate surface area is 131 Å². The van der Waals surface area contributed by atoms with E-state index in [-0.39, 0.29) is 5.91 Å². The van der Waals surface area contributed by atoms with Crippen LogP contribution >= 0.6 is 11.6 Å². The Morgan fingerprint density at radius 2 is 2.00 bits per heavy atom. The van der Waals surface area contributed by atoms with Crippen LogP contribution in [0.5, 0.6) is 0 Å². The molecule has 0 radical (unpaired) electrons. The van der Waals surface area contributed by atoms with Crippen LogP contribution in [-0.2, 0) is 0 Å². The van der Waals surface area contributed by atoms with Crippen molar-refractivity contribution in [3.05, 3.63) is 34.3 Å². The summed E-state index contributed by atoms with van der Waals surface area (Å²) in [5.41, 5.74) is 1.74. The minimum Gasteiger partial charge on any atom is -0.337 e. The molecule has 0 bridgehead atoms. The Morgan fingerprint density at radius 3 is 2.71 bits per heavy atom. The maximum absolute atomic E-state index is 12.6. The molecule has 21 heavy (non-hydrogen) atoms. The summed E-state index contributed by atoms with van der Waals surface area (Å²) in [4.78, 5) is 17.1. The van der Waals surface area contributed by atoms with Crippen LogP contribution in [0.2, 0.25) is 5.02 Å². The van der Waals surface area contributed by atoms with E-state index in [1.165, 1.54) is 0 Å². The minimum absolute atomic E-state index is 0.109. The molecule has 1 unspecified atom stereocenters. The number of aryl methyl sites for hydroxylation is 1. The van der Waals surface area contributed by atoms with E-state index in [9.17, 15) is 4.79 Å². The molecule has 0 spiro atoms. The number of halogens is 1. The fraction of sp³-hybridized carbons (Fsp3) is 0.562. The Kier molecular flexibility index (Phi) is 4.48. The van der Waals surface area contributed by atoms with Gasteiger partial charge in [0.25, 0.3) is 5.91 Å². The first-order chi connectivity index (χ1) is 10.1. The van der Waals surface area contributed by atoms with Crippen molar-refractivity contribution in [2.75, 3.05) is 39.3 Å². The monoisotopic (exact) mass is 307 g/mol. The zero-order chi connectivity index (χ0) is 14.8. The number of rotatable bonds is 2. The second kappa shape index (κ2) is 6.34. The van der Waals surface area contributed by atoms with Crippen molar-refractivity contribution >= 4 is 17.5 Å². The summed E-state index contributed by atoms with van der Waals surface area (Å²) in [5, 5.41) is 4.01. The zero-order valence-electron chi connectivity index (χ0n) is 12.4. The van der Waals surface area contributed by atoms with Crippen LogP contribution in [0, 0.1) is 6.92 Å². The second-order valence-electron chi connectivity index (χ2n) is 6.00. The van der Waals surface area contributed by atoms with Crippen molar-refractivity contribution in [2.45, 2.75) is 19.4 Å². The van der Waals surface area contributed by atoms with Crippen molar-refractivity contribution in [3.8, 4) is 0 Å². The van der Waals surface area contributed by atoms with Gasteiger partial charge in [0.15, 0.2) is 0 Å². The van der Waals surface area contributed by atoms with E-state index in [1.807, 2.05) is 24.0 Å². The number of benzene rings is 1. The summed E-state index contributed by atoms with van der Waals surface area (Å²) in [7, 11) is 0. The number of carbonyl (C=O) groups is 1. The van der Waals surface area contributed by atoms with Crippen LogP contribution < -0.4 is 5.32 Å². The Balaban J connectivity index is 1.66. The van der Waals surface area contributed by atoms with Gasteiger partial charge in [0, 0.05) is 55.9 Å². The van der Waals surface area contributed by atoms with Gasteiger partial charge in [-0.1, -0.05) is 11.6 Å². The van der Waals surface area contributed by atoms with E-state index in [2.05, 4.69) is 10.2 Å². The average molecular weight is 308 g/mol. The van der Waals surface area contributed by atoms with Gasteiger partial charge >= 0.3 is 0 Å². The average Bonchev–Trinajstić information content (AvgIpc) is 2.96. The number of nitrogens with one attached hydrogen (secondary N) is 1. The molecule has 1 aromatic carbocycles. The van der Waals surface area contributed by atoms with Crippen LogP contribution in [-0.4, -0.2) is 61.0 Å². The van der Waals surface area contributed by atoms with Crippen molar-refractivity contribution in [1.82, 2.24) is 15.1 Å². The lowest BCUT2D eigenvalue weighted by Crippen LogP contribution is -2.49. The van der Waals surface area contributed by atoms with E-state index in [0.717, 1.165) is 51.3 Å². The van der Waals surface area contributed by atoms with Gasteiger partial charge in [-0.3, -0.25) is 9.69 Å². The molecule has 1 atom stereocenters. The number of likely N-dealkylation sites (tertiary alicyclic amines) is 1. The molecule has 1 amide bonds. The molecule has 114 valence electrons. The molecule has 2 saturated heterocycles. The van der Waals surface area contributed by atoms with E-state index in [1.54, 1.807) is 6.07 Å². The lowest BCUT2D eigenvalue weighted by Gasteiger charge is -2.32. The molecule has 3 rings (SSSR count). The molecule has 2 fully saturated rings. The zero-order valence-corrected chi connectivity index (χ0v) is 13.2. The quantitative estimate of drug-likeness (QED) is 0.904. The Bertz CT molecular complexity index is 508. The first-order valence-electron chi connectivity index (χ1n) is 7.65. The van der Waals surface area contributed by atoms with Crippen LogP contribution in [0.15, 0.2) is 18.2 Å². The van der Waals surface area contributed by atoms with Gasteiger partial charge in [0.05, 0.1) is 0 Å². The maximum Gasteiger partial charge on any atom is 0.253 e. The lowest BCUT2D eigenvalue weighted by atomic mass is 10.1. The molecule has 0 saturated carbocycles. The highest BCUT2D eigenvalue weighted by Crippen LogP contribution is 2.21. The van der Waals surface area contributed by atoms with E-state index >= 15 is 0 Å². The third-order valence-electron chi connectivity index (χ3n) is 4.41. The predicted molar refractivity (Wildman–Crippen MR) is 84.9 cm³/mol. The summed E-state index contributed by atoms with van der Waals surface area (Å²) in [6, 6.07) is 6.09. The molecule has 0 aromatic heterocycles. The molecule has 1 aromatic rings. The fourth-order valence-corrected chi connectivity index (χ4v) is 3.60. The number of amides is 1. The van der Waals surface area contributed by atoms with Crippen molar-refractivity contribution in [1.29, 1.82) is 0 Å². The summed E-state index contributed by atoms with van der Waals surface area (Å²) in [5.74, 6) is 0.109. The van der Waals surface area contributed by atoms with Gasteiger partial charge in [-0.2, -0.15) is 0 Å². The van der Waals surface area contributed by atoms with Gasteiger partial charge in [-0.15, -0.1) is 0 Å². The third kappa shape index (κ3) is 3.39. The highest BCUT2D eigenvalue weighted by molar-refractivity contribution is 6.31. The number of piperazine rings is 1. The molecule has 2 aliphatic heterocycles. The largest absolute Gasteiger partial charge is 0.337 e. The molecule has 0 aliphatic carbocycles. The van der Waals surface area contributed by atoms with Crippen molar-refractivity contribution in [2.24, 2.45) is 0 Å². The maximum atomic E-state index is 12.6. The lowest BCUT2D eigenvalue weighted by molar-refractivity contribution is 0.0773. The fourth-order valence-electron chi connectivity index (χ4n) is 3.31. The summed E-state index contributed by atoms with van der Waals surface area (Å²) in [6.45, 7) is 7.93. The van der Waals surface area contributed by atoms with Gasteiger partial charge in [-0.25, -0.2) is 0 Å². The standard InChI is InChI=1S/C16H22ClN3O/c1-12-8-13(10-14(17)9-12)16(21)20-5-2-15(11-20)19-6-3-18-4-7-19/h8-10,15,18H,2-7,11H2,1H3. The van der Waals surface area contributed by atoms with Gasteiger partial charge < -0.3 is 10.2 Å². The molecular formula is C16H22ClN3O.